The van der Waals surface area contributed by atoms with E-state index in [9.17, 15) is 4.39 Å². The van der Waals surface area contributed by atoms with Crippen molar-refractivity contribution in [2.45, 2.75) is 46.0 Å². The highest BCUT2D eigenvalue weighted by Crippen LogP contribution is 2.40. The number of rotatable bonds is 7. The van der Waals surface area contributed by atoms with Crippen LogP contribution in [0.2, 0.25) is 0 Å². The summed E-state index contributed by atoms with van der Waals surface area (Å²) in [7, 11) is 0. The Morgan fingerprint density at radius 1 is 0.912 bits per heavy atom. The Labute approximate surface area is 203 Å². The Hall–Kier alpha value is -2.78. The van der Waals surface area contributed by atoms with Crippen LogP contribution in [0.25, 0.3) is 11.1 Å². The SMILES string of the molecule is Cc1ccc(C2=C(c3ccc(CC4CN(CCCF)C4)cc3)c3ccccc3CCC2)c(C)n1. The maximum atomic E-state index is 12.4. The van der Waals surface area contributed by atoms with Gasteiger partial charge in [0.25, 0.3) is 0 Å². The number of allylic oxidation sites excluding steroid dienone is 1. The van der Waals surface area contributed by atoms with Gasteiger partial charge in [-0.1, -0.05) is 54.6 Å². The van der Waals surface area contributed by atoms with Gasteiger partial charge >= 0.3 is 0 Å². The fraction of sp³-hybridized carbons (Fsp3) is 0.387. The second kappa shape index (κ2) is 10.2. The lowest BCUT2D eigenvalue weighted by Crippen LogP contribution is -2.47. The first-order valence-electron chi connectivity index (χ1n) is 12.8. The zero-order valence-corrected chi connectivity index (χ0v) is 20.5. The molecule has 0 amide bonds. The normalized spacial score (nSPS) is 16.8. The van der Waals surface area contributed by atoms with E-state index in [1.54, 1.807) is 0 Å². The van der Waals surface area contributed by atoms with Gasteiger partial charge in [-0.05, 0) is 96.9 Å². The number of hydrogen-bond donors (Lipinski definition) is 0. The summed E-state index contributed by atoms with van der Waals surface area (Å²) < 4.78 is 12.4. The highest BCUT2D eigenvalue weighted by molar-refractivity contribution is 6.00. The van der Waals surface area contributed by atoms with Crippen molar-refractivity contribution >= 4 is 11.1 Å². The average Bonchev–Trinajstić information content (AvgIpc) is 3.00. The maximum absolute atomic E-state index is 12.4. The Morgan fingerprint density at radius 2 is 1.71 bits per heavy atom. The first kappa shape index (κ1) is 23.0. The Bertz CT molecular complexity index is 1170. The molecular formula is C31H35FN2. The van der Waals surface area contributed by atoms with Crippen LogP contribution in [0.5, 0.6) is 0 Å². The third-order valence-electron chi connectivity index (χ3n) is 7.42. The monoisotopic (exact) mass is 454 g/mol. The lowest BCUT2D eigenvalue weighted by molar-refractivity contribution is 0.0968. The summed E-state index contributed by atoms with van der Waals surface area (Å²) in [4.78, 5) is 7.16. The lowest BCUT2D eigenvalue weighted by atomic mass is 9.86. The van der Waals surface area contributed by atoms with Crippen LogP contribution in [-0.2, 0) is 12.8 Å². The third-order valence-corrected chi connectivity index (χ3v) is 7.42. The molecule has 0 N–H and O–H groups in total. The van der Waals surface area contributed by atoms with Gasteiger partial charge in [0.05, 0.1) is 6.67 Å². The van der Waals surface area contributed by atoms with Crippen molar-refractivity contribution in [3.05, 3.63) is 99.9 Å². The number of hydrogen-bond acceptors (Lipinski definition) is 2. The standard InChI is InChI=1S/C31H35FN2/c1-22-11-16-28(23(2)33-22)30-10-5-8-26-7-3-4-9-29(26)31(30)27-14-12-24(13-15-27)19-25-20-34(21-25)18-6-17-32/h3-4,7,9,11-16,25H,5-6,8,10,17-21H2,1-2H3. The molecule has 2 heterocycles. The summed E-state index contributed by atoms with van der Waals surface area (Å²) in [6.07, 6.45) is 5.10. The van der Waals surface area contributed by atoms with Crippen LogP contribution in [0.3, 0.4) is 0 Å². The number of likely N-dealkylation sites (tertiary alicyclic amines) is 1. The summed E-state index contributed by atoms with van der Waals surface area (Å²) in [5, 5.41) is 0. The van der Waals surface area contributed by atoms with Crippen LogP contribution in [0.15, 0.2) is 60.7 Å². The summed E-state index contributed by atoms with van der Waals surface area (Å²) in [5.41, 5.74) is 11.8. The molecule has 3 aromatic rings. The molecule has 0 radical (unpaired) electrons. The van der Waals surface area contributed by atoms with Gasteiger partial charge in [-0.25, -0.2) is 0 Å². The van der Waals surface area contributed by atoms with E-state index in [2.05, 4.69) is 79.4 Å². The van der Waals surface area contributed by atoms with Gasteiger partial charge in [-0.2, -0.15) is 0 Å². The van der Waals surface area contributed by atoms with E-state index >= 15 is 0 Å². The number of halogens is 1. The number of aryl methyl sites for hydroxylation is 3. The molecule has 34 heavy (non-hydrogen) atoms. The molecule has 0 saturated carbocycles. The minimum absolute atomic E-state index is 0.207. The molecule has 0 spiro atoms. The summed E-state index contributed by atoms with van der Waals surface area (Å²) in [6, 6.07) is 22.6. The first-order chi connectivity index (χ1) is 16.6. The van der Waals surface area contributed by atoms with Crippen molar-refractivity contribution in [1.29, 1.82) is 0 Å². The molecule has 2 nitrogen and oxygen atoms in total. The van der Waals surface area contributed by atoms with Crippen LogP contribution < -0.4 is 0 Å². The number of benzene rings is 2. The summed E-state index contributed by atoms with van der Waals surface area (Å²) in [5.74, 6) is 0.695. The molecule has 2 aliphatic rings. The first-order valence-corrected chi connectivity index (χ1v) is 12.8. The van der Waals surface area contributed by atoms with Gasteiger partial charge in [0.15, 0.2) is 0 Å². The number of nitrogens with zero attached hydrogens (tertiary/aromatic N) is 2. The molecule has 1 aliphatic heterocycles. The van der Waals surface area contributed by atoms with Crippen LogP contribution in [0.4, 0.5) is 4.39 Å². The maximum Gasteiger partial charge on any atom is 0.0906 e. The molecule has 0 unspecified atom stereocenters. The van der Waals surface area contributed by atoms with Gasteiger partial charge < -0.3 is 4.90 Å². The van der Waals surface area contributed by atoms with E-state index in [0.29, 0.717) is 12.3 Å². The van der Waals surface area contributed by atoms with E-state index < -0.39 is 0 Å². The lowest BCUT2D eigenvalue weighted by Gasteiger charge is -2.39. The zero-order chi connectivity index (χ0) is 23.5. The van der Waals surface area contributed by atoms with E-state index in [1.165, 1.54) is 39.0 Å². The molecule has 1 fully saturated rings. The largest absolute Gasteiger partial charge is 0.303 e. The quantitative estimate of drug-likeness (QED) is 0.389. The Kier molecular flexibility index (Phi) is 6.92. The molecule has 1 aliphatic carbocycles. The van der Waals surface area contributed by atoms with Gasteiger partial charge in [-0.15, -0.1) is 0 Å². The zero-order valence-electron chi connectivity index (χ0n) is 20.5. The molecule has 2 aromatic carbocycles. The van der Waals surface area contributed by atoms with Crippen molar-refractivity contribution in [1.82, 2.24) is 9.88 Å². The van der Waals surface area contributed by atoms with Crippen molar-refractivity contribution in [2.24, 2.45) is 5.92 Å². The average molecular weight is 455 g/mol. The molecule has 0 bridgehead atoms. The highest BCUT2D eigenvalue weighted by atomic mass is 19.1. The smallest absolute Gasteiger partial charge is 0.0906 e. The predicted molar refractivity (Wildman–Crippen MR) is 140 cm³/mol. The van der Waals surface area contributed by atoms with Crippen LogP contribution in [0.1, 0.15) is 58.5 Å². The number of fused-ring (bicyclic) bond motifs is 1. The molecule has 3 heteroatoms. The minimum Gasteiger partial charge on any atom is -0.303 e. The molecular weight excluding hydrogens is 419 g/mol. The van der Waals surface area contributed by atoms with Gasteiger partial charge in [0.2, 0.25) is 0 Å². The summed E-state index contributed by atoms with van der Waals surface area (Å²) >= 11 is 0. The number of pyridine rings is 1. The molecule has 1 aromatic heterocycles. The molecule has 0 atom stereocenters. The van der Waals surface area contributed by atoms with Crippen molar-refractivity contribution in [3.8, 4) is 0 Å². The van der Waals surface area contributed by atoms with E-state index in [4.69, 9.17) is 4.98 Å². The van der Waals surface area contributed by atoms with E-state index in [1.807, 2.05) is 0 Å². The Morgan fingerprint density at radius 3 is 2.47 bits per heavy atom. The second-order valence-corrected chi connectivity index (χ2v) is 10.0. The van der Waals surface area contributed by atoms with Crippen molar-refractivity contribution < 1.29 is 4.39 Å². The minimum atomic E-state index is -0.207. The van der Waals surface area contributed by atoms with Crippen LogP contribution in [0, 0.1) is 19.8 Å². The van der Waals surface area contributed by atoms with E-state index in [-0.39, 0.29) is 6.67 Å². The fourth-order valence-electron chi connectivity index (χ4n) is 5.74. The molecule has 176 valence electrons. The third kappa shape index (κ3) is 4.86. The topological polar surface area (TPSA) is 16.1 Å². The number of alkyl halides is 1. The van der Waals surface area contributed by atoms with Gasteiger partial charge in [0.1, 0.15) is 0 Å². The summed E-state index contributed by atoms with van der Waals surface area (Å²) in [6.45, 7) is 7.10. The molecule has 1 saturated heterocycles. The van der Waals surface area contributed by atoms with Crippen molar-refractivity contribution in [3.63, 3.8) is 0 Å². The fourth-order valence-corrected chi connectivity index (χ4v) is 5.74. The van der Waals surface area contributed by atoms with E-state index in [0.717, 1.165) is 56.7 Å². The highest BCUT2D eigenvalue weighted by Gasteiger charge is 2.26. The van der Waals surface area contributed by atoms with Crippen molar-refractivity contribution in [2.75, 3.05) is 26.3 Å². The molecule has 5 rings (SSSR count). The number of aromatic nitrogens is 1. The van der Waals surface area contributed by atoms with Crippen LogP contribution in [-0.4, -0.2) is 36.2 Å². The second-order valence-electron chi connectivity index (χ2n) is 10.0. The Balaban J connectivity index is 1.47. The van der Waals surface area contributed by atoms with Gasteiger partial charge in [-0.3, -0.25) is 9.37 Å². The van der Waals surface area contributed by atoms with Crippen LogP contribution >= 0.6 is 0 Å². The van der Waals surface area contributed by atoms with Gasteiger partial charge in [0, 0.05) is 31.0 Å². The predicted octanol–water partition coefficient (Wildman–Crippen LogP) is 6.83.